The number of hydrogen-bond donors (Lipinski definition) is 0. The van der Waals surface area contributed by atoms with Crippen LogP contribution in [0.3, 0.4) is 0 Å². The van der Waals surface area contributed by atoms with Crippen molar-refractivity contribution in [2.75, 3.05) is 13.1 Å². The Balaban J connectivity index is 1.76. The van der Waals surface area contributed by atoms with Gasteiger partial charge in [-0.1, -0.05) is 0 Å². The van der Waals surface area contributed by atoms with Crippen molar-refractivity contribution >= 4 is 6.03 Å². The van der Waals surface area contributed by atoms with E-state index in [1.54, 1.807) is 0 Å². The molecule has 0 unspecified atom stereocenters. The molecule has 1 radical (unpaired) electrons. The van der Waals surface area contributed by atoms with E-state index in [4.69, 9.17) is 0 Å². The Bertz CT molecular complexity index is 171. The summed E-state index contributed by atoms with van der Waals surface area (Å²) < 4.78 is 0. The van der Waals surface area contributed by atoms with E-state index < -0.39 is 0 Å². The predicted octanol–water partition coefficient (Wildman–Crippen LogP) is 1.36. The molecule has 2 amide bonds. The topological polar surface area (TPSA) is 34.4 Å². The van der Waals surface area contributed by atoms with Crippen LogP contribution in [0.1, 0.15) is 32.1 Å². The Morgan fingerprint density at radius 1 is 1.17 bits per heavy atom. The number of carbonyl (C=O) groups excluding carboxylic acids is 1. The van der Waals surface area contributed by atoms with Crippen LogP contribution in [0.25, 0.3) is 0 Å². The molecule has 0 aromatic carbocycles. The fraction of sp³-hybridized carbons (Fsp3) is 0.889. The number of rotatable bonds is 1. The molecular formula is C9H15N2O. The molecule has 67 valence electrons. The summed E-state index contributed by atoms with van der Waals surface area (Å²) >= 11 is 0. The Kier molecular flexibility index (Phi) is 2.19. The van der Waals surface area contributed by atoms with Gasteiger partial charge in [0.25, 0.3) is 0 Å². The van der Waals surface area contributed by atoms with E-state index in [1.165, 1.54) is 6.42 Å². The number of carbonyl (C=O) groups is 1. The number of likely N-dealkylation sites (tertiary alicyclic amines) is 1. The van der Waals surface area contributed by atoms with Gasteiger partial charge in [-0.25, -0.2) is 10.1 Å². The molecule has 1 saturated carbocycles. The first-order valence-corrected chi connectivity index (χ1v) is 4.86. The molecular weight excluding hydrogens is 152 g/mol. The van der Waals surface area contributed by atoms with Crippen LogP contribution in [-0.4, -0.2) is 30.1 Å². The highest BCUT2D eigenvalue weighted by atomic mass is 16.2. The van der Waals surface area contributed by atoms with Gasteiger partial charge in [0.1, 0.15) is 0 Å². The van der Waals surface area contributed by atoms with Crippen LogP contribution >= 0.6 is 0 Å². The summed E-state index contributed by atoms with van der Waals surface area (Å²) in [6, 6.07) is 0.414. The standard InChI is InChI=1S/C9H15N2O/c12-9(10-8-4-5-8)11-6-2-1-3-7-11/h8H,1-7H2. The Morgan fingerprint density at radius 3 is 2.42 bits per heavy atom. The normalized spacial score (nSPS) is 23.8. The van der Waals surface area contributed by atoms with E-state index in [0.717, 1.165) is 38.8 Å². The second-order valence-electron chi connectivity index (χ2n) is 3.69. The lowest BCUT2D eigenvalue weighted by atomic mass is 10.1. The summed E-state index contributed by atoms with van der Waals surface area (Å²) in [4.78, 5) is 13.3. The van der Waals surface area contributed by atoms with Crippen LogP contribution < -0.4 is 5.32 Å². The van der Waals surface area contributed by atoms with Gasteiger partial charge in [-0.15, -0.1) is 0 Å². The molecule has 3 heteroatoms. The smallest absolute Gasteiger partial charge is 0.323 e. The zero-order valence-corrected chi connectivity index (χ0v) is 7.33. The fourth-order valence-corrected chi connectivity index (χ4v) is 1.53. The van der Waals surface area contributed by atoms with Gasteiger partial charge in [-0.2, -0.15) is 0 Å². The third-order valence-electron chi connectivity index (χ3n) is 2.47. The van der Waals surface area contributed by atoms with Crippen molar-refractivity contribution in [3.8, 4) is 0 Å². The molecule has 0 bridgehead atoms. The monoisotopic (exact) mass is 167 g/mol. The SMILES string of the molecule is O=C([N]C1CC1)N1CCCCC1. The van der Waals surface area contributed by atoms with Crippen molar-refractivity contribution in [3.05, 3.63) is 0 Å². The number of urea groups is 1. The van der Waals surface area contributed by atoms with E-state index in [-0.39, 0.29) is 6.03 Å². The molecule has 2 aliphatic rings. The Hall–Kier alpha value is -0.730. The highest BCUT2D eigenvalue weighted by molar-refractivity contribution is 5.74. The molecule has 2 fully saturated rings. The van der Waals surface area contributed by atoms with Crippen molar-refractivity contribution in [1.29, 1.82) is 0 Å². The maximum atomic E-state index is 11.4. The molecule has 1 aliphatic heterocycles. The summed E-state index contributed by atoms with van der Waals surface area (Å²) in [5.74, 6) is 0. The van der Waals surface area contributed by atoms with Crippen molar-refractivity contribution in [2.45, 2.75) is 38.1 Å². The summed E-state index contributed by atoms with van der Waals surface area (Å²) in [7, 11) is 0. The van der Waals surface area contributed by atoms with Crippen molar-refractivity contribution in [3.63, 3.8) is 0 Å². The van der Waals surface area contributed by atoms with Gasteiger partial charge in [-0.05, 0) is 32.1 Å². The lowest BCUT2D eigenvalue weighted by Gasteiger charge is -2.25. The van der Waals surface area contributed by atoms with Gasteiger partial charge in [-0.3, -0.25) is 0 Å². The highest BCUT2D eigenvalue weighted by Gasteiger charge is 2.28. The minimum atomic E-state index is 0.0391. The number of nitrogens with zero attached hydrogens (tertiary/aromatic N) is 2. The Morgan fingerprint density at radius 2 is 1.83 bits per heavy atom. The van der Waals surface area contributed by atoms with Gasteiger partial charge in [0.2, 0.25) is 0 Å². The molecule has 3 nitrogen and oxygen atoms in total. The average molecular weight is 167 g/mol. The lowest BCUT2D eigenvalue weighted by molar-refractivity contribution is 0.185. The molecule has 1 aliphatic carbocycles. The largest absolute Gasteiger partial charge is 0.339 e. The number of amides is 2. The second-order valence-corrected chi connectivity index (χ2v) is 3.69. The van der Waals surface area contributed by atoms with Crippen LogP contribution in [0.5, 0.6) is 0 Å². The van der Waals surface area contributed by atoms with E-state index in [0.29, 0.717) is 6.04 Å². The number of hydrogen-bond acceptors (Lipinski definition) is 1. The van der Waals surface area contributed by atoms with Gasteiger partial charge < -0.3 is 4.90 Å². The highest BCUT2D eigenvalue weighted by Crippen LogP contribution is 2.21. The summed E-state index contributed by atoms with van der Waals surface area (Å²) in [6.07, 6.45) is 5.84. The summed E-state index contributed by atoms with van der Waals surface area (Å²) in [6.45, 7) is 1.85. The van der Waals surface area contributed by atoms with E-state index in [1.807, 2.05) is 4.90 Å². The molecule has 1 heterocycles. The molecule has 0 atom stereocenters. The maximum absolute atomic E-state index is 11.4. The first kappa shape index (κ1) is 7.90. The predicted molar refractivity (Wildman–Crippen MR) is 46.0 cm³/mol. The molecule has 0 aromatic rings. The van der Waals surface area contributed by atoms with Gasteiger partial charge in [0.15, 0.2) is 0 Å². The van der Waals surface area contributed by atoms with Crippen LogP contribution in [0, 0.1) is 0 Å². The Labute approximate surface area is 73.1 Å². The second kappa shape index (κ2) is 3.33. The first-order valence-electron chi connectivity index (χ1n) is 4.86. The van der Waals surface area contributed by atoms with E-state index >= 15 is 0 Å². The zero-order chi connectivity index (χ0) is 8.39. The van der Waals surface area contributed by atoms with Gasteiger partial charge >= 0.3 is 6.03 Å². The maximum Gasteiger partial charge on any atom is 0.339 e. The lowest BCUT2D eigenvalue weighted by Crippen LogP contribution is -2.40. The van der Waals surface area contributed by atoms with Crippen molar-refractivity contribution in [1.82, 2.24) is 10.2 Å². The van der Waals surface area contributed by atoms with Gasteiger partial charge in [0.05, 0.1) is 6.04 Å². The van der Waals surface area contributed by atoms with Crippen LogP contribution in [0.2, 0.25) is 0 Å². The molecule has 0 aromatic heterocycles. The summed E-state index contributed by atoms with van der Waals surface area (Å²) in [5, 5.41) is 4.10. The minimum absolute atomic E-state index is 0.0391. The minimum Gasteiger partial charge on any atom is -0.323 e. The first-order chi connectivity index (χ1) is 5.86. The molecule has 2 rings (SSSR count). The van der Waals surface area contributed by atoms with Gasteiger partial charge in [0, 0.05) is 13.1 Å². The third-order valence-corrected chi connectivity index (χ3v) is 2.47. The summed E-state index contributed by atoms with van der Waals surface area (Å²) in [5.41, 5.74) is 0. The zero-order valence-electron chi connectivity index (χ0n) is 7.33. The number of piperidine rings is 1. The average Bonchev–Trinajstić information content (AvgIpc) is 2.90. The van der Waals surface area contributed by atoms with Crippen LogP contribution in [0.15, 0.2) is 0 Å². The van der Waals surface area contributed by atoms with Crippen molar-refractivity contribution in [2.24, 2.45) is 0 Å². The molecule has 0 N–H and O–H groups in total. The molecule has 12 heavy (non-hydrogen) atoms. The fourth-order valence-electron chi connectivity index (χ4n) is 1.53. The molecule has 0 spiro atoms. The quantitative estimate of drug-likeness (QED) is 0.580. The van der Waals surface area contributed by atoms with Crippen LogP contribution in [-0.2, 0) is 0 Å². The van der Waals surface area contributed by atoms with E-state index in [9.17, 15) is 4.79 Å². The third kappa shape index (κ3) is 1.90. The molecule has 1 saturated heterocycles. The van der Waals surface area contributed by atoms with Crippen LogP contribution in [0.4, 0.5) is 4.79 Å². The van der Waals surface area contributed by atoms with E-state index in [2.05, 4.69) is 5.32 Å². The van der Waals surface area contributed by atoms with Crippen molar-refractivity contribution < 1.29 is 4.79 Å².